The van der Waals surface area contributed by atoms with Gasteiger partial charge in [0.15, 0.2) is 5.75 Å². The first-order valence-electron chi connectivity index (χ1n) is 5.42. The van der Waals surface area contributed by atoms with Gasteiger partial charge in [0.05, 0.1) is 21.7 Å². The minimum Gasteiger partial charge on any atom is -0.377 e. The first kappa shape index (κ1) is 15.6. The average molecular weight is 346 g/mol. The highest BCUT2D eigenvalue weighted by Gasteiger charge is 2.20. The van der Waals surface area contributed by atoms with E-state index in [0.717, 1.165) is 18.2 Å². The molecule has 0 radical (unpaired) electrons. The number of halogens is 3. The zero-order valence-corrected chi connectivity index (χ0v) is 12.5. The van der Waals surface area contributed by atoms with E-state index in [2.05, 4.69) is 0 Å². The van der Waals surface area contributed by atoms with Crippen molar-refractivity contribution in [3.8, 4) is 11.8 Å². The third kappa shape index (κ3) is 3.45. The molecule has 0 aliphatic heterocycles. The van der Waals surface area contributed by atoms with Gasteiger partial charge in [0, 0.05) is 0 Å². The summed E-state index contributed by atoms with van der Waals surface area (Å²) in [7, 11) is -4.21. The Balaban J connectivity index is 2.37. The Kier molecular flexibility index (Phi) is 4.37. The lowest BCUT2D eigenvalue weighted by molar-refractivity contribution is 0.486. The Morgan fingerprint density at radius 1 is 1.10 bits per heavy atom. The molecular weight excluding hydrogens is 340 g/mol. The second kappa shape index (κ2) is 5.90. The maximum atomic E-state index is 13.0. The van der Waals surface area contributed by atoms with Gasteiger partial charge < -0.3 is 4.18 Å². The molecule has 8 heteroatoms. The van der Waals surface area contributed by atoms with Crippen molar-refractivity contribution in [3.05, 3.63) is 57.8 Å². The topological polar surface area (TPSA) is 67.2 Å². The molecule has 0 aromatic heterocycles. The first-order valence-corrected chi connectivity index (χ1v) is 7.59. The summed E-state index contributed by atoms with van der Waals surface area (Å²) in [6.07, 6.45) is 0. The lowest BCUT2D eigenvalue weighted by Gasteiger charge is -2.09. The Morgan fingerprint density at radius 3 is 2.38 bits per heavy atom. The first-order chi connectivity index (χ1) is 9.83. The standard InChI is InChI=1S/C13H6Cl2FNO3S/c14-10-6-9(2-3-12(10)16)21(18,19)20-13-4-1-8(7-17)5-11(13)15/h1-6H. The van der Waals surface area contributed by atoms with E-state index in [0.29, 0.717) is 0 Å². The fourth-order valence-electron chi connectivity index (χ4n) is 1.44. The summed E-state index contributed by atoms with van der Waals surface area (Å²) < 4.78 is 42.0. The smallest absolute Gasteiger partial charge is 0.339 e. The molecule has 0 saturated heterocycles. The van der Waals surface area contributed by atoms with Crippen molar-refractivity contribution >= 4 is 33.3 Å². The molecule has 0 atom stereocenters. The molecule has 0 unspecified atom stereocenters. The fourth-order valence-corrected chi connectivity index (χ4v) is 2.92. The number of hydrogen-bond donors (Lipinski definition) is 0. The van der Waals surface area contributed by atoms with Crippen LogP contribution in [-0.2, 0) is 10.1 Å². The molecule has 4 nitrogen and oxygen atoms in total. The van der Waals surface area contributed by atoms with E-state index in [1.165, 1.54) is 18.2 Å². The highest BCUT2D eigenvalue weighted by Crippen LogP contribution is 2.29. The number of nitriles is 1. The van der Waals surface area contributed by atoms with Gasteiger partial charge in [0.25, 0.3) is 0 Å². The van der Waals surface area contributed by atoms with Gasteiger partial charge in [-0.25, -0.2) is 4.39 Å². The Morgan fingerprint density at radius 2 is 1.81 bits per heavy atom. The number of rotatable bonds is 3. The maximum absolute atomic E-state index is 13.0. The Hall–Kier alpha value is -1.81. The van der Waals surface area contributed by atoms with E-state index in [9.17, 15) is 12.8 Å². The fraction of sp³-hybridized carbons (Fsp3) is 0. The van der Waals surface area contributed by atoms with E-state index in [1.807, 2.05) is 6.07 Å². The summed E-state index contributed by atoms with van der Waals surface area (Å²) in [6.45, 7) is 0. The van der Waals surface area contributed by atoms with Crippen LogP contribution in [0.4, 0.5) is 4.39 Å². The Labute approximate surface area is 130 Å². The van der Waals surface area contributed by atoms with Gasteiger partial charge in [0.2, 0.25) is 0 Å². The molecule has 2 aromatic carbocycles. The minimum absolute atomic E-state index is 0.0363. The lowest BCUT2D eigenvalue weighted by Crippen LogP contribution is -2.10. The van der Waals surface area contributed by atoms with Crippen LogP contribution in [0.2, 0.25) is 10.0 Å². The van der Waals surface area contributed by atoms with Crippen molar-refractivity contribution in [3.63, 3.8) is 0 Å². The number of nitrogens with zero attached hydrogens (tertiary/aromatic N) is 1. The van der Waals surface area contributed by atoms with E-state index in [4.69, 9.17) is 32.6 Å². The van der Waals surface area contributed by atoms with Crippen molar-refractivity contribution < 1.29 is 17.0 Å². The molecule has 0 aliphatic rings. The predicted molar refractivity (Wildman–Crippen MR) is 75.4 cm³/mol. The highest BCUT2D eigenvalue weighted by molar-refractivity contribution is 7.87. The van der Waals surface area contributed by atoms with Crippen molar-refractivity contribution in [1.29, 1.82) is 5.26 Å². The van der Waals surface area contributed by atoms with E-state index < -0.39 is 15.9 Å². The molecular formula is C13H6Cl2FNO3S. The predicted octanol–water partition coefficient (Wildman–Crippen LogP) is 3.77. The highest BCUT2D eigenvalue weighted by atomic mass is 35.5. The number of benzene rings is 2. The number of hydrogen-bond acceptors (Lipinski definition) is 4. The monoisotopic (exact) mass is 345 g/mol. The molecule has 0 amide bonds. The van der Waals surface area contributed by atoms with Crippen LogP contribution in [0, 0.1) is 17.1 Å². The lowest BCUT2D eigenvalue weighted by atomic mass is 10.2. The quantitative estimate of drug-likeness (QED) is 0.794. The van der Waals surface area contributed by atoms with Gasteiger partial charge in [-0.1, -0.05) is 23.2 Å². The molecule has 108 valence electrons. The van der Waals surface area contributed by atoms with E-state index >= 15 is 0 Å². The van der Waals surface area contributed by atoms with Crippen molar-refractivity contribution in [2.75, 3.05) is 0 Å². The van der Waals surface area contributed by atoms with Crippen LogP contribution >= 0.6 is 23.2 Å². The third-order valence-corrected chi connectivity index (χ3v) is 4.26. The molecule has 2 aromatic rings. The second-order valence-electron chi connectivity index (χ2n) is 3.87. The van der Waals surface area contributed by atoms with E-state index in [1.54, 1.807) is 0 Å². The normalized spacial score (nSPS) is 11.0. The Bertz CT molecular complexity index is 847. The molecule has 2 rings (SSSR count). The molecule has 21 heavy (non-hydrogen) atoms. The second-order valence-corrected chi connectivity index (χ2v) is 6.23. The van der Waals surface area contributed by atoms with Gasteiger partial charge in [0.1, 0.15) is 10.7 Å². The molecule has 0 fully saturated rings. The molecule has 0 spiro atoms. The van der Waals surface area contributed by atoms with Gasteiger partial charge >= 0.3 is 10.1 Å². The third-order valence-electron chi connectivity index (χ3n) is 2.44. The van der Waals surface area contributed by atoms with Gasteiger partial charge in [-0.15, -0.1) is 0 Å². The van der Waals surface area contributed by atoms with Gasteiger partial charge in [-0.2, -0.15) is 13.7 Å². The van der Waals surface area contributed by atoms with Crippen molar-refractivity contribution in [2.24, 2.45) is 0 Å². The largest absolute Gasteiger partial charge is 0.377 e. The van der Waals surface area contributed by atoms with Gasteiger partial charge in [-0.3, -0.25) is 0 Å². The van der Waals surface area contributed by atoms with Crippen LogP contribution in [-0.4, -0.2) is 8.42 Å². The summed E-state index contributed by atoms with van der Waals surface area (Å²) in [5.41, 5.74) is 0.259. The molecule has 0 N–H and O–H groups in total. The maximum Gasteiger partial charge on any atom is 0.339 e. The molecule has 0 aliphatic carbocycles. The minimum atomic E-state index is -4.21. The summed E-state index contributed by atoms with van der Waals surface area (Å²) in [4.78, 5) is -0.311. The summed E-state index contributed by atoms with van der Waals surface area (Å²) in [5.74, 6) is -0.886. The summed E-state index contributed by atoms with van der Waals surface area (Å²) in [5, 5.41) is 8.32. The van der Waals surface area contributed by atoms with Crippen LogP contribution in [0.5, 0.6) is 5.75 Å². The molecule has 0 heterocycles. The average Bonchev–Trinajstić information content (AvgIpc) is 2.43. The van der Waals surface area contributed by atoms with Crippen molar-refractivity contribution in [2.45, 2.75) is 4.90 Å². The van der Waals surface area contributed by atoms with Crippen LogP contribution in [0.15, 0.2) is 41.3 Å². The molecule has 0 saturated carbocycles. The van der Waals surface area contributed by atoms with Crippen LogP contribution in [0.1, 0.15) is 5.56 Å². The zero-order valence-electron chi connectivity index (χ0n) is 10.2. The molecule has 0 bridgehead atoms. The zero-order chi connectivity index (χ0) is 15.6. The van der Waals surface area contributed by atoms with Gasteiger partial charge in [-0.05, 0) is 36.4 Å². The van der Waals surface area contributed by atoms with Crippen LogP contribution < -0.4 is 4.18 Å². The van der Waals surface area contributed by atoms with Crippen LogP contribution in [0.25, 0.3) is 0 Å². The van der Waals surface area contributed by atoms with E-state index in [-0.39, 0.29) is 26.3 Å². The van der Waals surface area contributed by atoms with Crippen molar-refractivity contribution in [1.82, 2.24) is 0 Å². The summed E-state index contributed by atoms with van der Waals surface area (Å²) in [6, 6.07) is 8.60. The van der Waals surface area contributed by atoms with Crippen LogP contribution in [0.3, 0.4) is 0 Å². The SMILES string of the molecule is N#Cc1ccc(OS(=O)(=O)c2ccc(F)c(Cl)c2)c(Cl)c1. The summed E-state index contributed by atoms with van der Waals surface area (Å²) >= 11 is 11.4.